The summed E-state index contributed by atoms with van der Waals surface area (Å²) in [4.78, 5) is 0. The van der Waals surface area contributed by atoms with Gasteiger partial charge in [0.15, 0.2) is 0 Å². The van der Waals surface area contributed by atoms with Crippen LogP contribution in [-0.4, -0.2) is 11.2 Å². The normalized spacial score (nSPS) is 15.3. The van der Waals surface area contributed by atoms with Crippen LogP contribution in [0.4, 0.5) is 8.78 Å². The smallest absolute Gasteiger partial charge is 0.132 e. The molecule has 0 fully saturated rings. The van der Waals surface area contributed by atoms with Crippen molar-refractivity contribution in [3.05, 3.63) is 33.8 Å². The lowest BCUT2D eigenvalue weighted by Gasteiger charge is -2.16. The van der Waals surface area contributed by atoms with E-state index in [4.69, 9.17) is 10.8 Å². The highest BCUT2D eigenvalue weighted by Crippen LogP contribution is 2.25. The van der Waals surface area contributed by atoms with Crippen LogP contribution < -0.4 is 5.73 Å². The summed E-state index contributed by atoms with van der Waals surface area (Å²) in [6.45, 7) is 1.38. The van der Waals surface area contributed by atoms with Crippen LogP contribution in [-0.2, 0) is 0 Å². The number of rotatable bonds is 2. The second kappa shape index (κ2) is 4.33. The molecule has 0 radical (unpaired) electrons. The van der Waals surface area contributed by atoms with Crippen molar-refractivity contribution in [3.63, 3.8) is 0 Å². The Hall–Kier alpha value is -0.520. The average molecular weight is 266 g/mol. The third-order valence-corrected chi connectivity index (χ3v) is 2.35. The van der Waals surface area contributed by atoms with Gasteiger partial charge in [0.2, 0.25) is 0 Å². The molecule has 78 valence electrons. The van der Waals surface area contributed by atoms with Gasteiger partial charge < -0.3 is 10.8 Å². The second-order valence-electron chi connectivity index (χ2n) is 3.05. The molecule has 2 unspecified atom stereocenters. The number of halogens is 3. The molecule has 3 N–H and O–H groups in total. The Morgan fingerprint density at radius 1 is 1.36 bits per heavy atom. The molecule has 0 saturated carbocycles. The average Bonchev–Trinajstić information content (AvgIpc) is 2.01. The quantitative estimate of drug-likeness (QED) is 0.861. The Morgan fingerprint density at radius 2 is 1.79 bits per heavy atom. The van der Waals surface area contributed by atoms with Crippen LogP contribution in [0.3, 0.4) is 0 Å². The fraction of sp³-hybridized carbons (Fsp3) is 0.333. The van der Waals surface area contributed by atoms with Gasteiger partial charge in [-0.1, -0.05) is 15.9 Å². The maximum atomic E-state index is 13.3. The van der Waals surface area contributed by atoms with E-state index in [0.717, 1.165) is 12.1 Å². The van der Waals surface area contributed by atoms with Crippen LogP contribution in [0, 0.1) is 11.6 Å². The van der Waals surface area contributed by atoms with Gasteiger partial charge in [0.05, 0.1) is 12.1 Å². The van der Waals surface area contributed by atoms with Gasteiger partial charge in [-0.3, -0.25) is 0 Å². The number of benzene rings is 1. The van der Waals surface area contributed by atoms with E-state index in [1.807, 2.05) is 0 Å². The van der Waals surface area contributed by atoms with Crippen LogP contribution in [0.15, 0.2) is 16.6 Å². The first-order valence-corrected chi connectivity index (χ1v) is 4.81. The van der Waals surface area contributed by atoms with Gasteiger partial charge in [-0.05, 0) is 19.1 Å². The minimum absolute atomic E-state index is 0.289. The third kappa shape index (κ3) is 2.29. The lowest BCUT2D eigenvalue weighted by Crippen LogP contribution is -2.25. The van der Waals surface area contributed by atoms with Crippen molar-refractivity contribution in [2.75, 3.05) is 0 Å². The zero-order chi connectivity index (χ0) is 10.9. The van der Waals surface area contributed by atoms with E-state index in [0.29, 0.717) is 4.47 Å². The molecule has 0 aliphatic carbocycles. The molecule has 0 heterocycles. The predicted octanol–water partition coefficient (Wildman–Crippen LogP) is 2.11. The third-order valence-electron chi connectivity index (χ3n) is 1.90. The zero-order valence-corrected chi connectivity index (χ0v) is 9.05. The number of nitrogens with two attached hydrogens (primary N) is 1. The van der Waals surface area contributed by atoms with Crippen molar-refractivity contribution in [2.24, 2.45) is 5.73 Å². The van der Waals surface area contributed by atoms with E-state index in [1.165, 1.54) is 6.92 Å². The standard InChI is InChI=1S/C9H10BrF2NO/c1-4(14)9(13)8-6(11)2-5(10)3-7(8)12/h2-4,9,14H,13H2,1H3. The molecule has 2 nitrogen and oxygen atoms in total. The van der Waals surface area contributed by atoms with Gasteiger partial charge in [0.1, 0.15) is 11.6 Å². The molecule has 1 aromatic rings. The molecule has 0 saturated heterocycles. The van der Waals surface area contributed by atoms with Crippen molar-refractivity contribution < 1.29 is 13.9 Å². The molecular formula is C9H10BrF2NO. The fourth-order valence-corrected chi connectivity index (χ4v) is 1.51. The molecule has 0 amide bonds. The Morgan fingerprint density at radius 3 is 2.14 bits per heavy atom. The van der Waals surface area contributed by atoms with Crippen molar-refractivity contribution in [1.82, 2.24) is 0 Å². The Labute approximate surface area is 88.9 Å². The highest BCUT2D eigenvalue weighted by Gasteiger charge is 2.21. The van der Waals surface area contributed by atoms with Crippen LogP contribution in [0.1, 0.15) is 18.5 Å². The Kier molecular flexibility index (Phi) is 3.58. The largest absolute Gasteiger partial charge is 0.391 e. The van der Waals surface area contributed by atoms with Gasteiger partial charge in [-0.15, -0.1) is 0 Å². The lowest BCUT2D eigenvalue weighted by molar-refractivity contribution is 0.160. The number of aliphatic hydroxyl groups is 1. The summed E-state index contributed by atoms with van der Waals surface area (Å²) >= 11 is 2.95. The van der Waals surface area contributed by atoms with E-state index in [2.05, 4.69) is 15.9 Å². The molecule has 0 aliphatic heterocycles. The number of aliphatic hydroxyl groups excluding tert-OH is 1. The highest BCUT2D eigenvalue weighted by atomic mass is 79.9. The minimum atomic E-state index is -1.05. The first-order valence-electron chi connectivity index (χ1n) is 4.01. The van der Waals surface area contributed by atoms with E-state index < -0.39 is 23.8 Å². The fourth-order valence-electron chi connectivity index (χ4n) is 1.11. The first kappa shape index (κ1) is 11.6. The molecule has 0 aromatic heterocycles. The first-order chi connectivity index (χ1) is 6.43. The SMILES string of the molecule is CC(O)C(N)c1c(F)cc(Br)cc1F. The molecule has 0 spiro atoms. The summed E-state index contributed by atoms with van der Waals surface area (Å²) < 4.78 is 26.8. The zero-order valence-electron chi connectivity index (χ0n) is 7.47. The van der Waals surface area contributed by atoms with Crippen molar-refractivity contribution >= 4 is 15.9 Å². The molecule has 5 heteroatoms. The van der Waals surface area contributed by atoms with E-state index in [9.17, 15) is 8.78 Å². The van der Waals surface area contributed by atoms with Gasteiger partial charge in [-0.2, -0.15) is 0 Å². The van der Waals surface area contributed by atoms with E-state index in [1.54, 1.807) is 0 Å². The van der Waals surface area contributed by atoms with Crippen LogP contribution in [0.2, 0.25) is 0 Å². The van der Waals surface area contributed by atoms with E-state index >= 15 is 0 Å². The van der Waals surface area contributed by atoms with Crippen LogP contribution in [0.5, 0.6) is 0 Å². The summed E-state index contributed by atoms with van der Waals surface area (Å²) in [5, 5.41) is 9.12. The minimum Gasteiger partial charge on any atom is -0.391 e. The van der Waals surface area contributed by atoms with Crippen molar-refractivity contribution in [2.45, 2.75) is 19.1 Å². The lowest BCUT2D eigenvalue weighted by atomic mass is 10.0. The molecule has 1 aromatic carbocycles. The summed E-state index contributed by atoms with van der Waals surface area (Å²) in [5.74, 6) is -1.52. The van der Waals surface area contributed by atoms with Crippen molar-refractivity contribution in [1.29, 1.82) is 0 Å². The molecule has 0 aliphatic rings. The van der Waals surface area contributed by atoms with Gasteiger partial charge in [-0.25, -0.2) is 8.78 Å². The maximum Gasteiger partial charge on any atom is 0.132 e. The topological polar surface area (TPSA) is 46.2 Å². The Balaban J connectivity index is 3.20. The summed E-state index contributed by atoms with van der Waals surface area (Å²) in [6.07, 6.45) is -1.000. The molecular weight excluding hydrogens is 256 g/mol. The second-order valence-corrected chi connectivity index (χ2v) is 3.97. The molecule has 2 atom stereocenters. The van der Waals surface area contributed by atoms with Gasteiger partial charge in [0.25, 0.3) is 0 Å². The number of hydrogen-bond donors (Lipinski definition) is 2. The molecule has 0 bridgehead atoms. The van der Waals surface area contributed by atoms with Crippen LogP contribution in [0.25, 0.3) is 0 Å². The molecule has 14 heavy (non-hydrogen) atoms. The van der Waals surface area contributed by atoms with Crippen LogP contribution >= 0.6 is 15.9 Å². The predicted molar refractivity (Wildman–Crippen MR) is 52.7 cm³/mol. The summed E-state index contributed by atoms with van der Waals surface area (Å²) in [5.41, 5.74) is 5.16. The Bertz CT molecular complexity index is 321. The monoisotopic (exact) mass is 265 g/mol. The summed E-state index contributed by atoms with van der Waals surface area (Å²) in [6, 6.07) is 1.17. The highest BCUT2D eigenvalue weighted by molar-refractivity contribution is 9.10. The molecule has 1 rings (SSSR count). The van der Waals surface area contributed by atoms with Crippen molar-refractivity contribution in [3.8, 4) is 0 Å². The van der Waals surface area contributed by atoms with Gasteiger partial charge >= 0.3 is 0 Å². The number of hydrogen-bond acceptors (Lipinski definition) is 2. The van der Waals surface area contributed by atoms with Gasteiger partial charge in [0, 0.05) is 10.0 Å². The van der Waals surface area contributed by atoms with E-state index in [-0.39, 0.29) is 5.56 Å². The maximum absolute atomic E-state index is 13.3. The summed E-state index contributed by atoms with van der Waals surface area (Å²) in [7, 11) is 0.